The minimum atomic E-state index is -0.965. The van der Waals surface area contributed by atoms with Gasteiger partial charge in [-0.15, -0.1) is 0 Å². The summed E-state index contributed by atoms with van der Waals surface area (Å²) in [6.45, 7) is 5.23. The van der Waals surface area contributed by atoms with E-state index in [-0.39, 0.29) is 13.0 Å². The van der Waals surface area contributed by atoms with E-state index in [2.05, 4.69) is 5.32 Å². The Morgan fingerprint density at radius 2 is 1.91 bits per heavy atom. The predicted molar refractivity (Wildman–Crippen MR) is 80.9 cm³/mol. The van der Waals surface area contributed by atoms with Crippen LogP contribution in [0, 0.1) is 0 Å². The Kier molecular flexibility index (Phi) is 5.00. The van der Waals surface area contributed by atoms with Gasteiger partial charge in [0.05, 0.1) is 6.42 Å². The Morgan fingerprint density at radius 1 is 1.26 bits per heavy atom. The molecule has 1 N–H and O–H groups in total. The Balaban J connectivity index is 1.90. The molecular weight excluding hydrogens is 300 g/mol. The number of rotatable bonds is 4. The highest BCUT2D eigenvalue weighted by Gasteiger charge is 2.41. The minimum absolute atomic E-state index is 0.0947. The quantitative estimate of drug-likeness (QED) is 0.855. The first kappa shape index (κ1) is 17.0. The summed E-state index contributed by atoms with van der Waals surface area (Å²) >= 11 is 0. The van der Waals surface area contributed by atoms with E-state index < -0.39 is 29.6 Å². The van der Waals surface area contributed by atoms with E-state index in [4.69, 9.17) is 9.57 Å². The second kappa shape index (κ2) is 6.78. The van der Waals surface area contributed by atoms with Crippen molar-refractivity contribution >= 4 is 17.9 Å². The summed E-state index contributed by atoms with van der Waals surface area (Å²) in [7, 11) is 0. The maximum Gasteiger partial charge on any atom is 0.408 e. The molecule has 0 saturated carbocycles. The third kappa shape index (κ3) is 4.79. The summed E-state index contributed by atoms with van der Waals surface area (Å²) < 4.78 is 5.07. The van der Waals surface area contributed by atoms with Gasteiger partial charge in [0.1, 0.15) is 18.2 Å². The van der Waals surface area contributed by atoms with Gasteiger partial charge in [0, 0.05) is 0 Å². The van der Waals surface area contributed by atoms with Crippen molar-refractivity contribution in [3.05, 3.63) is 35.9 Å². The molecule has 0 bridgehead atoms. The zero-order valence-corrected chi connectivity index (χ0v) is 13.4. The standard InChI is InChI=1S/C16H20N2O5/c1-16(2,3)23-15(21)17-12-9-13(19)18(14(12)20)22-10-11-7-5-4-6-8-11/h4-8,12H,9-10H2,1-3H3,(H,17,21)/t12-/m0/s1. The fraction of sp³-hybridized carbons (Fsp3) is 0.438. The number of benzene rings is 1. The molecule has 0 aromatic heterocycles. The largest absolute Gasteiger partial charge is 0.444 e. The van der Waals surface area contributed by atoms with Gasteiger partial charge in [-0.05, 0) is 26.3 Å². The molecule has 7 heteroatoms. The van der Waals surface area contributed by atoms with Gasteiger partial charge in [-0.2, -0.15) is 5.06 Å². The van der Waals surface area contributed by atoms with Crippen molar-refractivity contribution in [1.29, 1.82) is 0 Å². The molecule has 1 aromatic rings. The van der Waals surface area contributed by atoms with Gasteiger partial charge in [-0.25, -0.2) is 4.79 Å². The lowest BCUT2D eigenvalue weighted by Crippen LogP contribution is -2.43. The highest BCUT2D eigenvalue weighted by atomic mass is 16.7. The molecule has 3 amide bonds. The molecule has 1 aliphatic heterocycles. The number of hydrogen-bond donors (Lipinski definition) is 1. The molecule has 2 rings (SSSR count). The Hall–Kier alpha value is -2.41. The van der Waals surface area contributed by atoms with E-state index in [1.54, 1.807) is 20.8 Å². The molecule has 0 aliphatic carbocycles. The zero-order valence-electron chi connectivity index (χ0n) is 13.4. The number of hydroxylamine groups is 2. The predicted octanol–water partition coefficient (Wildman–Crippen LogP) is 1.77. The molecule has 1 heterocycles. The van der Waals surface area contributed by atoms with E-state index in [1.807, 2.05) is 30.3 Å². The molecule has 124 valence electrons. The second-order valence-corrected chi connectivity index (χ2v) is 6.19. The summed E-state index contributed by atoms with van der Waals surface area (Å²) in [6, 6.07) is 8.20. The highest BCUT2D eigenvalue weighted by molar-refractivity contribution is 6.05. The first-order chi connectivity index (χ1) is 10.8. The lowest BCUT2D eigenvalue weighted by Gasteiger charge is -2.21. The van der Waals surface area contributed by atoms with Crippen molar-refractivity contribution in [3.8, 4) is 0 Å². The number of carbonyl (C=O) groups is 3. The van der Waals surface area contributed by atoms with Gasteiger partial charge < -0.3 is 10.1 Å². The smallest absolute Gasteiger partial charge is 0.408 e. The van der Waals surface area contributed by atoms with Gasteiger partial charge in [-0.3, -0.25) is 14.4 Å². The lowest BCUT2D eigenvalue weighted by atomic mass is 10.2. The van der Waals surface area contributed by atoms with Crippen molar-refractivity contribution in [3.63, 3.8) is 0 Å². The maximum absolute atomic E-state index is 12.1. The van der Waals surface area contributed by atoms with Crippen LogP contribution in [0.2, 0.25) is 0 Å². The summed E-state index contributed by atoms with van der Waals surface area (Å²) in [6.07, 6.45) is -0.888. The molecule has 0 radical (unpaired) electrons. The van der Waals surface area contributed by atoms with Crippen LogP contribution in [-0.4, -0.2) is 34.6 Å². The number of hydrogen-bond acceptors (Lipinski definition) is 5. The number of amides is 3. The van der Waals surface area contributed by atoms with E-state index in [0.29, 0.717) is 5.06 Å². The van der Waals surface area contributed by atoms with Crippen LogP contribution in [0.1, 0.15) is 32.8 Å². The van der Waals surface area contributed by atoms with Crippen LogP contribution < -0.4 is 5.32 Å². The number of ether oxygens (including phenoxy) is 1. The topological polar surface area (TPSA) is 84.9 Å². The molecule has 0 unspecified atom stereocenters. The summed E-state index contributed by atoms with van der Waals surface area (Å²) in [5, 5.41) is 3.09. The van der Waals surface area contributed by atoms with Crippen molar-refractivity contribution in [2.24, 2.45) is 0 Å². The van der Waals surface area contributed by atoms with Crippen LogP contribution in [0.4, 0.5) is 4.79 Å². The van der Waals surface area contributed by atoms with Crippen LogP contribution in [-0.2, 0) is 25.8 Å². The van der Waals surface area contributed by atoms with Gasteiger partial charge >= 0.3 is 6.09 Å². The monoisotopic (exact) mass is 320 g/mol. The lowest BCUT2D eigenvalue weighted by molar-refractivity contribution is -0.191. The Labute approximate surface area is 134 Å². The van der Waals surface area contributed by atoms with Crippen LogP contribution in [0.25, 0.3) is 0 Å². The molecule has 1 saturated heterocycles. The Morgan fingerprint density at radius 3 is 2.52 bits per heavy atom. The normalized spacial score (nSPS) is 18.2. The average molecular weight is 320 g/mol. The molecule has 1 aromatic carbocycles. The first-order valence-electron chi connectivity index (χ1n) is 7.29. The number of nitrogens with zero attached hydrogens (tertiary/aromatic N) is 1. The zero-order chi connectivity index (χ0) is 17.0. The van der Waals surface area contributed by atoms with Gasteiger partial charge in [0.25, 0.3) is 11.8 Å². The average Bonchev–Trinajstić information content (AvgIpc) is 2.70. The van der Waals surface area contributed by atoms with Crippen molar-refractivity contribution in [1.82, 2.24) is 10.4 Å². The van der Waals surface area contributed by atoms with E-state index >= 15 is 0 Å². The van der Waals surface area contributed by atoms with Crippen molar-refractivity contribution < 1.29 is 24.0 Å². The number of carbonyl (C=O) groups excluding carboxylic acids is 3. The SMILES string of the molecule is CC(C)(C)OC(=O)N[C@H]1CC(=O)N(OCc2ccccc2)C1=O. The van der Waals surface area contributed by atoms with Gasteiger partial charge in [0.2, 0.25) is 0 Å². The van der Waals surface area contributed by atoms with Gasteiger partial charge in [0.15, 0.2) is 0 Å². The second-order valence-electron chi connectivity index (χ2n) is 6.19. The molecule has 23 heavy (non-hydrogen) atoms. The van der Waals surface area contributed by atoms with E-state index in [0.717, 1.165) is 5.56 Å². The Bertz CT molecular complexity index is 594. The number of imide groups is 1. The number of nitrogens with one attached hydrogen (secondary N) is 1. The summed E-state index contributed by atoms with van der Waals surface area (Å²) in [5.41, 5.74) is 0.149. The molecule has 1 fully saturated rings. The molecule has 0 spiro atoms. The molecule has 1 atom stereocenters. The van der Waals surface area contributed by atoms with Gasteiger partial charge in [-0.1, -0.05) is 30.3 Å². The number of alkyl carbamates (subject to hydrolysis) is 1. The highest BCUT2D eigenvalue weighted by Crippen LogP contribution is 2.16. The van der Waals surface area contributed by atoms with Crippen LogP contribution in [0.5, 0.6) is 0 Å². The van der Waals surface area contributed by atoms with Crippen molar-refractivity contribution in [2.45, 2.75) is 45.4 Å². The van der Waals surface area contributed by atoms with E-state index in [1.165, 1.54) is 0 Å². The minimum Gasteiger partial charge on any atom is -0.444 e. The fourth-order valence-electron chi connectivity index (χ4n) is 2.02. The maximum atomic E-state index is 12.1. The van der Waals surface area contributed by atoms with Crippen LogP contribution >= 0.6 is 0 Å². The first-order valence-corrected chi connectivity index (χ1v) is 7.29. The van der Waals surface area contributed by atoms with E-state index in [9.17, 15) is 14.4 Å². The molecule has 1 aliphatic rings. The third-order valence-electron chi connectivity index (χ3n) is 3.00. The third-order valence-corrected chi connectivity index (χ3v) is 3.00. The van der Waals surface area contributed by atoms with Crippen LogP contribution in [0.3, 0.4) is 0 Å². The summed E-state index contributed by atoms with van der Waals surface area (Å²) in [5.74, 6) is -1.09. The van der Waals surface area contributed by atoms with Crippen molar-refractivity contribution in [2.75, 3.05) is 0 Å². The van der Waals surface area contributed by atoms with Crippen LogP contribution in [0.15, 0.2) is 30.3 Å². The molecular formula is C16H20N2O5. The molecule has 7 nitrogen and oxygen atoms in total. The summed E-state index contributed by atoms with van der Waals surface area (Å²) in [4.78, 5) is 41.0. The fourth-order valence-corrected chi connectivity index (χ4v) is 2.02.